The molecule has 0 saturated carbocycles. The molecule has 0 amide bonds. The van der Waals surface area contributed by atoms with Crippen LogP contribution in [0.15, 0.2) is 35.2 Å². The zero-order chi connectivity index (χ0) is 11.3. The van der Waals surface area contributed by atoms with E-state index in [-0.39, 0.29) is 17.9 Å². The van der Waals surface area contributed by atoms with E-state index in [1.165, 1.54) is 6.08 Å². The van der Waals surface area contributed by atoms with Gasteiger partial charge in [-0.3, -0.25) is 4.55 Å². The number of aliphatic hydroxyl groups excluding tert-OH is 1. The zero-order valence-electron chi connectivity index (χ0n) is 8.00. The molecule has 2 N–H and O–H groups in total. The Hall–Kier alpha value is -1.17. The number of benzene rings is 1. The van der Waals surface area contributed by atoms with Crippen molar-refractivity contribution >= 4 is 16.2 Å². The van der Waals surface area contributed by atoms with E-state index < -0.39 is 10.1 Å². The minimum Gasteiger partial charge on any atom is -0.396 e. The summed E-state index contributed by atoms with van der Waals surface area (Å²) in [6, 6.07) is 8.74. The zero-order valence-corrected chi connectivity index (χ0v) is 8.81. The second kappa shape index (κ2) is 5.06. The Morgan fingerprint density at radius 1 is 1.27 bits per heavy atom. The lowest BCUT2D eigenvalue weighted by molar-refractivity contribution is 0.300. The van der Waals surface area contributed by atoms with Gasteiger partial charge < -0.3 is 5.11 Å². The highest BCUT2D eigenvalue weighted by Crippen LogP contribution is 2.14. The highest BCUT2D eigenvalue weighted by atomic mass is 32.2. The summed E-state index contributed by atoms with van der Waals surface area (Å²) < 4.78 is 30.7. The van der Waals surface area contributed by atoms with E-state index in [1.54, 1.807) is 30.3 Å². The third-order valence-corrected chi connectivity index (χ3v) is 2.80. The first kappa shape index (κ1) is 11.9. The highest BCUT2D eigenvalue weighted by Gasteiger charge is 2.12. The van der Waals surface area contributed by atoms with Gasteiger partial charge in [-0.05, 0) is 11.6 Å². The van der Waals surface area contributed by atoms with E-state index in [1.807, 2.05) is 0 Å². The molecule has 1 aromatic carbocycles. The van der Waals surface area contributed by atoms with Gasteiger partial charge in [0.2, 0.25) is 0 Å². The van der Waals surface area contributed by atoms with Crippen molar-refractivity contribution < 1.29 is 18.1 Å². The van der Waals surface area contributed by atoms with Gasteiger partial charge in [0.25, 0.3) is 10.1 Å². The van der Waals surface area contributed by atoms with Crippen LogP contribution in [0.4, 0.5) is 0 Å². The van der Waals surface area contributed by atoms with Crippen LogP contribution in [-0.2, 0) is 10.1 Å². The van der Waals surface area contributed by atoms with Gasteiger partial charge in [-0.25, -0.2) is 0 Å². The Bertz CT molecular complexity index is 434. The molecular weight excluding hydrogens is 216 g/mol. The topological polar surface area (TPSA) is 74.6 Å². The van der Waals surface area contributed by atoms with Gasteiger partial charge in [0, 0.05) is 13.0 Å². The molecule has 0 aliphatic carbocycles. The van der Waals surface area contributed by atoms with Crippen molar-refractivity contribution in [2.45, 2.75) is 6.42 Å². The molecule has 5 heteroatoms. The minimum atomic E-state index is -4.22. The standard InChI is InChI=1S/C10H12O4S/c11-7-6-10(15(12,13)14)8-9-4-2-1-3-5-9/h1-5,8,11H,6-7H2,(H,12,13,14). The summed E-state index contributed by atoms with van der Waals surface area (Å²) in [6.07, 6.45) is 1.25. The number of hydrogen-bond acceptors (Lipinski definition) is 3. The van der Waals surface area contributed by atoms with E-state index in [4.69, 9.17) is 9.66 Å². The van der Waals surface area contributed by atoms with Gasteiger partial charge in [-0.15, -0.1) is 0 Å². The Labute approximate surface area is 88.6 Å². The monoisotopic (exact) mass is 228 g/mol. The van der Waals surface area contributed by atoms with E-state index in [9.17, 15) is 8.42 Å². The van der Waals surface area contributed by atoms with Crippen LogP contribution in [0.2, 0.25) is 0 Å². The van der Waals surface area contributed by atoms with Crippen LogP contribution in [0, 0.1) is 0 Å². The van der Waals surface area contributed by atoms with Crippen molar-refractivity contribution in [3.8, 4) is 0 Å². The van der Waals surface area contributed by atoms with Crippen molar-refractivity contribution in [2.75, 3.05) is 6.61 Å². The average Bonchev–Trinajstić information content (AvgIpc) is 2.17. The summed E-state index contributed by atoms with van der Waals surface area (Å²) in [4.78, 5) is -0.184. The molecule has 0 aromatic heterocycles. The molecule has 0 aliphatic heterocycles. The lowest BCUT2D eigenvalue weighted by Crippen LogP contribution is -2.03. The molecule has 0 aliphatic rings. The molecule has 0 heterocycles. The molecular formula is C10H12O4S. The fourth-order valence-electron chi connectivity index (χ4n) is 1.12. The van der Waals surface area contributed by atoms with Crippen LogP contribution in [0.25, 0.3) is 6.08 Å². The third-order valence-electron chi connectivity index (χ3n) is 1.82. The number of hydrogen-bond donors (Lipinski definition) is 2. The molecule has 0 bridgehead atoms. The van der Waals surface area contributed by atoms with Crippen LogP contribution in [0.1, 0.15) is 12.0 Å². The first-order valence-electron chi connectivity index (χ1n) is 4.38. The molecule has 0 radical (unpaired) electrons. The van der Waals surface area contributed by atoms with Gasteiger partial charge in [0.1, 0.15) is 0 Å². The fraction of sp³-hybridized carbons (Fsp3) is 0.200. The lowest BCUT2D eigenvalue weighted by atomic mass is 10.2. The predicted molar refractivity (Wildman–Crippen MR) is 57.7 cm³/mol. The van der Waals surface area contributed by atoms with Crippen LogP contribution in [0.3, 0.4) is 0 Å². The van der Waals surface area contributed by atoms with Crippen molar-refractivity contribution in [3.63, 3.8) is 0 Å². The van der Waals surface area contributed by atoms with Crippen LogP contribution < -0.4 is 0 Å². The normalized spacial score (nSPS) is 12.8. The van der Waals surface area contributed by atoms with Crippen LogP contribution in [-0.4, -0.2) is 24.7 Å². The first-order chi connectivity index (χ1) is 7.04. The second-order valence-electron chi connectivity index (χ2n) is 2.97. The molecule has 0 fully saturated rings. The average molecular weight is 228 g/mol. The Balaban J connectivity index is 3.05. The molecule has 0 atom stereocenters. The van der Waals surface area contributed by atoms with Crippen molar-refractivity contribution in [1.29, 1.82) is 0 Å². The Kier molecular flexibility index (Phi) is 4.02. The van der Waals surface area contributed by atoms with Gasteiger partial charge in [0.05, 0.1) is 4.91 Å². The highest BCUT2D eigenvalue weighted by molar-refractivity contribution is 7.90. The molecule has 82 valence electrons. The van der Waals surface area contributed by atoms with Gasteiger partial charge in [0.15, 0.2) is 0 Å². The van der Waals surface area contributed by atoms with Gasteiger partial charge >= 0.3 is 0 Å². The summed E-state index contributed by atoms with van der Waals surface area (Å²) in [5.41, 5.74) is 0.665. The molecule has 0 spiro atoms. The Morgan fingerprint density at radius 2 is 1.87 bits per heavy atom. The maximum Gasteiger partial charge on any atom is 0.290 e. The molecule has 1 rings (SSSR count). The molecule has 1 aromatic rings. The van der Waals surface area contributed by atoms with Crippen LogP contribution >= 0.6 is 0 Å². The summed E-state index contributed by atoms with van der Waals surface area (Å²) in [5.74, 6) is 0. The van der Waals surface area contributed by atoms with Gasteiger partial charge in [-0.1, -0.05) is 30.3 Å². The fourth-order valence-corrected chi connectivity index (χ4v) is 1.76. The summed E-state index contributed by atoms with van der Waals surface area (Å²) in [6.45, 7) is -0.321. The van der Waals surface area contributed by atoms with Gasteiger partial charge in [-0.2, -0.15) is 8.42 Å². The quantitative estimate of drug-likeness (QED) is 0.762. The van der Waals surface area contributed by atoms with E-state index >= 15 is 0 Å². The molecule has 0 saturated heterocycles. The van der Waals surface area contributed by atoms with Crippen molar-refractivity contribution in [2.24, 2.45) is 0 Å². The SMILES string of the molecule is O=S(=O)(O)C(=Cc1ccccc1)CCO. The predicted octanol–water partition coefficient (Wildman–Crippen LogP) is 1.30. The van der Waals surface area contributed by atoms with E-state index in [0.29, 0.717) is 5.56 Å². The van der Waals surface area contributed by atoms with Crippen LogP contribution in [0.5, 0.6) is 0 Å². The smallest absolute Gasteiger partial charge is 0.290 e. The maximum atomic E-state index is 10.9. The largest absolute Gasteiger partial charge is 0.396 e. The third kappa shape index (κ3) is 3.83. The maximum absolute atomic E-state index is 10.9. The second-order valence-corrected chi connectivity index (χ2v) is 4.44. The number of rotatable bonds is 4. The first-order valence-corrected chi connectivity index (χ1v) is 5.82. The van der Waals surface area contributed by atoms with Crippen molar-refractivity contribution in [3.05, 3.63) is 40.8 Å². The molecule has 0 unspecified atom stereocenters. The molecule has 15 heavy (non-hydrogen) atoms. The molecule has 4 nitrogen and oxygen atoms in total. The summed E-state index contributed by atoms with van der Waals surface area (Å²) in [5, 5.41) is 8.66. The summed E-state index contributed by atoms with van der Waals surface area (Å²) >= 11 is 0. The van der Waals surface area contributed by atoms with E-state index in [2.05, 4.69) is 0 Å². The number of aliphatic hydroxyl groups is 1. The van der Waals surface area contributed by atoms with E-state index in [0.717, 1.165) is 0 Å². The Morgan fingerprint density at radius 3 is 2.33 bits per heavy atom. The summed E-state index contributed by atoms with van der Waals surface area (Å²) in [7, 11) is -4.22. The van der Waals surface area contributed by atoms with Crippen molar-refractivity contribution in [1.82, 2.24) is 0 Å². The minimum absolute atomic E-state index is 0.0896. The lowest BCUT2D eigenvalue weighted by Gasteiger charge is -2.01.